The fourth-order valence-electron chi connectivity index (χ4n) is 2.95. The van der Waals surface area contributed by atoms with Crippen molar-refractivity contribution in [2.45, 2.75) is 25.5 Å². The van der Waals surface area contributed by atoms with Crippen molar-refractivity contribution < 1.29 is 9.50 Å². The van der Waals surface area contributed by atoms with Gasteiger partial charge >= 0.3 is 0 Å². The first-order valence-corrected chi connectivity index (χ1v) is 7.46. The van der Waals surface area contributed by atoms with Crippen LogP contribution in [0.15, 0.2) is 48.5 Å². The minimum absolute atomic E-state index is 0.204. The molecule has 1 fully saturated rings. The molecule has 0 radical (unpaired) electrons. The summed E-state index contributed by atoms with van der Waals surface area (Å²) in [5.74, 6) is -0.211. The minimum atomic E-state index is -0.211. The maximum atomic E-state index is 13.3. The molecule has 0 spiro atoms. The average Bonchev–Trinajstić information content (AvgIpc) is 2.47. The van der Waals surface area contributed by atoms with Gasteiger partial charge in [0.15, 0.2) is 0 Å². The van der Waals surface area contributed by atoms with Crippen molar-refractivity contribution in [1.29, 1.82) is 0 Å². The van der Waals surface area contributed by atoms with Crippen LogP contribution < -0.4 is 0 Å². The Morgan fingerprint density at radius 2 is 1.86 bits per heavy atom. The van der Waals surface area contributed by atoms with Gasteiger partial charge in [-0.05, 0) is 54.3 Å². The Bertz CT molecular complexity index is 614. The van der Waals surface area contributed by atoms with Gasteiger partial charge in [-0.1, -0.05) is 30.3 Å². The molecule has 2 aromatic carbocycles. The van der Waals surface area contributed by atoms with Crippen molar-refractivity contribution in [2.75, 3.05) is 13.1 Å². The summed E-state index contributed by atoms with van der Waals surface area (Å²) in [6.07, 6.45) is 1.75. The SMILES string of the molecule is O[C@H]1CCCN(Cc2cccc(-c3cccc(F)c3)c2)C1. The third kappa shape index (κ3) is 3.69. The van der Waals surface area contributed by atoms with Gasteiger partial charge in [-0.3, -0.25) is 4.90 Å². The summed E-state index contributed by atoms with van der Waals surface area (Å²) in [6.45, 7) is 2.60. The highest BCUT2D eigenvalue weighted by Gasteiger charge is 2.17. The molecule has 0 aromatic heterocycles. The van der Waals surface area contributed by atoms with E-state index in [1.165, 1.54) is 11.6 Å². The molecule has 1 saturated heterocycles. The molecule has 110 valence electrons. The van der Waals surface area contributed by atoms with E-state index in [9.17, 15) is 9.50 Å². The van der Waals surface area contributed by atoms with Crippen LogP contribution in [0.4, 0.5) is 4.39 Å². The lowest BCUT2D eigenvalue weighted by Crippen LogP contribution is -2.37. The third-order valence-electron chi connectivity index (χ3n) is 3.97. The van der Waals surface area contributed by atoms with Crippen LogP contribution in [0.2, 0.25) is 0 Å². The Morgan fingerprint density at radius 1 is 1.10 bits per heavy atom. The van der Waals surface area contributed by atoms with E-state index in [1.807, 2.05) is 18.2 Å². The van der Waals surface area contributed by atoms with Crippen LogP contribution in [0.5, 0.6) is 0 Å². The lowest BCUT2D eigenvalue weighted by molar-refractivity contribution is 0.0668. The number of benzene rings is 2. The number of piperidine rings is 1. The summed E-state index contributed by atoms with van der Waals surface area (Å²) in [6, 6.07) is 14.9. The predicted molar refractivity (Wildman–Crippen MR) is 82.4 cm³/mol. The first-order valence-electron chi connectivity index (χ1n) is 7.46. The van der Waals surface area contributed by atoms with Crippen molar-refractivity contribution in [3.63, 3.8) is 0 Å². The molecule has 0 saturated carbocycles. The van der Waals surface area contributed by atoms with E-state index in [1.54, 1.807) is 12.1 Å². The second-order valence-electron chi connectivity index (χ2n) is 5.74. The van der Waals surface area contributed by atoms with Crippen molar-refractivity contribution in [3.05, 3.63) is 59.9 Å². The van der Waals surface area contributed by atoms with Gasteiger partial charge in [0.25, 0.3) is 0 Å². The molecule has 21 heavy (non-hydrogen) atoms. The van der Waals surface area contributed by atoms with Crippen LogP contribution in [0.1, 0.15) is 18.4 Å². The van der Waals surface area contributed by atoms with E-state index >= 15 is 0 Å². The minimum Gasteiger partial charge on any atom is -0.392 e. The normalized spacial score (nSPS) is 19.6. The van der Waals surface area contributed by atoms with Gasteiger partial charge in [0, 0.05) is 13.1 Å². The van der Waals surface area contributed by atoms with Gasteiger partial charge in [-0.2, -0.15) is 0 Å². The molecule has 1 aliphatic rings. The highest BCUT2D eigenvalue weighted by Crippen LogP contribution is 2.22. The Morgan fingerprint density at radius 3 is 2.62 bits per heavy atom. The summed E-state index contributed by atoms with van der Waals surface area (Å²) < 4.78 is 13.3. The average molecular weight is 285 g/mol. The maximum Gasteiger partial charge on any atom is 0.123 e. The van der Waals surface area contributed by atoms with Crippen LogP contribution in [0.3, 0.4) is 0 Å². The Balaban J connectivity index is 1.77. The van der Waals surface area contributed by atoms with E-state index in [2.05, 4.69) is 17.0 Å². The van der Waals surface area contributed by atoms with Crippen LogP contribution in [-0.4, -0.2) is 29.2 Å². The summed E-state index contributed by atoms with van der Waals surface area (Å²) in [5, 5.41) is 9.74. The molecule has 1 heterocycles. The number of nitrogens with zero attached hydrogens (tertiary/aromatic N) is 1. The van der Waals surface area contributed by atoms with Crippen LogP contribution in [-0.2, 0) is 6.54 Å². The summed E-state index contributed by atoms with van der Waals surface area (Å²) in [4.78, 5) is 2.28. The molecule has 0 bridgehead atoms. The van der Waals surface area contributed by atoms with E-state index in [-0.39, 0.29) is 11.9 Å². The smallest absolute Gasteiger partial charge is 0.123 e. The third-order valence-corrected chi connectivity index (χ3v) is 3.97. The molecule has 3 rings (SSSR count). The number of hydrogen-bond donors (Lipinski definition) is 1. The fourth-order valence-corrected chi connectivity index (χ4v) is 2.95. The number of likely N-dealkylation sites (tertiary alicyclic amines) is 1. The molecule has 0 unspecified atom stereocenters. The van der Waals surface area contributed by atoms with Gasteiger partial charge < -0.3 is 5.11 Å². The highest BCUT2D eigenvalue weighted by atomic mass is 19.1. The van der Waals surface area contributed by atoms with Gasteiger partial charge in [-0.25, -0.2) is 4.39 Å². The quantitative estimate of drug-likeness (QED) is 0.933. The molecule has 2 aromatic rings. The lowest BCUT2D eigenvalue weighted by Gasteiger charge is -2.30. The molecule has 1 aliphatic heterocycles. The molecule has 0 aliphatic carbocycles. The van der Waals surface area contributed by atoms with Gasteiger partial charge in [0.05, 0.1) is 6.10 Å². The van der Waals surface area contributed by atoms with Crippen molar-refractivity contribution in [2.24, 2.45) is 0 Å². The van der Waals surface area contributed by atoms with Crippen molar-refractivity contribution in [1.82, 2.24) is 4.90 Å². The Kier molecular flexibility index (Phi) is 4.32. The van der Waals surface area contributed by atoms with Crippen LogP contribution in [0.25, 0.3) is 11.1 Å². The van der Waals surface area contributed by atoms with Crippen molar-refractivity contribution in [3.8, 4) is 11.1 Å². The first kappa shape index (κ1) is 14.2. The van der Waals surface area contributed by atoms with Crippen LogP contribution >= 0.6 is 0 Å². The number of β-amino-alcohol motifs (C(OH)–C–C–N with tert-alkyl or cyclic N) is 1. The summed E-state index contributed by atoms with van der Waals surface area (Å²) in [7, 11) is 0. The Hall–Kier alpha value is -1.71. The summed E-state index contributed by atoms with van der Waals surface area (Å²) in [5.41, 5.74) is 3.13. The van der Waals surface area contributed by atoms with Gasteiger partial charge in [0.1, 0.15) is 5.82 Å². The number of hydrogen-bond acceptors (Lipinski definition) is 2. The van der Waals surface area contributed by atoms with Crippen molar-refractivity contribution >= 4 is 0 Å². The second kappa shape index (κ2) is 6.37. The lowest BCUT2D eigenvalue weighted by atomic mass is 10.0. The zero-order valence-corrected chi connectivity index (χ0v) is 12.0. The number of rotatable bonds is 3. The monoisotopic (exact) mass is 285 g/mol. The summed E-state index contributed by atoms with van der Waals surface area (Å²) >= 11 is 0. The van der Waals surface area contributed by atoms with Gasteiger partial charge in [0.2, 0.25) is 0 Å². The predicted octanol–water partition coefficient (Wildman–Crippen LogP) is 3.45. The standard InChI is InChI=1S/C18H20FNO/c19-17-7-2-6-16(11-17)15-5-1-4-14(10-15)12-20-9-3-8-18(21)13-20/h1-2,4-7,10-11,18,21H,3,8-9,12-13H2/t18-/m0/s1. The maximum absolute atomic E-state index is 13.3. The number of halogens is 1. The molecular weight excluding hydrogens is 265 g/mol. The molecule has 1 atom stereocenters. The topological polar surface area (TPSA) is 23.5 Å². The number of aliphatic hydroxyl groups excluding tert-OH is 1. The molecule has 1 N–H and O–H groups in total. The first-order chi connectivity index (χ1) is 10.2. The van der Waals surface area contributed by atoms with E-state index in [4.69, 9.17) is 0 Å². The molecule has 3 heteroatoms. The van der Waals surface area contributed by atoms with Crippen LogP contribution in [0, 0.1) is 5.82 Å². The fraction of sp³-hybridized carbons (Fsp3) is 0.333. The van der Waals surface area contributed by atoms with Gasteiger partial charge in [-0.15, -0.1) is 0 Å². The molecular formula is C18H20FNO. The Labute approximate surface area is 124 Å². The zero-order valence-electron chi connectivity index (χ0n) is 12.0. The van der Waals surface area contributed by atoms with E-state index in [0.717, 1.165) is 43.6 Å². The van der Waals surface area contributed by atoms with E-state index < -0.39 is 0 Å². The molecule has 2 nitrogen and oxygen atoms in total. The number of aliphatic hydroxyl groups is 1. The highest BCUT2D eigenvalue weighted by molar-refractivity contribution is 5.64. The molecule has 0 amide bonds. The zero-order chi connectivity index (χ0) is 14.7. The second-order valence-corrected chi connectivity index (χ2v) is 5.74. The largest absolute Gasteiger partial charge is 0.392 e. The van der Waals surface area contributed by atoms with E-state index in [0.29, 0.717) is 0 Å².